The molecule has 0 aliphatic carbocycles. The molecule has 0 bridgehead atoms. The monoisotopic (exact) mass is 242 g/mol. The Balaban J connectivity index is 2.75. The van der Waals surface area contributed by atoms with Gasteiger partial charge in [0.05, 0.1) is 5.69 Å². The van der Waals surface area contributed by atoms with E-state index >= 15 is 0 Å². The van der Waals surface area contributed by atoms with Crippen LogP contribution in [0.2, 0.25) is 0 Å². The lowest BCUT2D eigenvalue weighted by Gasteiger charge is -1.97. The number of fused-ring (bicyclic) bond motifs is 1. The minimum Gasteiger partial charge on any atom is -0.305 e. The Kier molecular flexibility index (Phi) is 2.07. The molecule has 2 heterocycles. The van der Waals surface area contributed by atoms with Gasteiger partial charge in [-0.3, -0.25) is 0 Å². The SMILES string of the molecule is Cc1cc(Br)cn2cc(CF)nc12. The van der Waals surface area contributed by atoms with E-state index in [0.717, 1.165) is 15.7 Å². The van der Waals surface area contributed by atoms with Crippen molar-refractivity contribution < 1.29 is 4.39 Å². The van der Waals surface area contributed by atoms with Gasteiger partial charge in [0.2, 0.25) is 0 Å². The van der Waals surface area contributed by atoms with Gasteiger partial charge in [-0.25, -0.2) is 9.37 Å². The topological polar surface area (TPSA) is 17.3 Å². The summed E-state index contributed by atoms with van der Waals surface area (Å²) < 4.78 is 15.1. The highest BCUT2D eigenvalue weighted by Crippen LogP contribution is 2.17. The van der Waals surface area contributed by atoms with Crippen molar-refractivity contribution >= 4 is 21.6 Å². The molecule has 68 valence electrons. The van der Waals surface area contributed by atoms with Gasteiger partial charge in [-0.15, -0.1) is 0 Å². The summed E-state index contributed by atoms with van der Waals surface area (Å²) in [5.74, 6) is 0. The van der Waals surface area contributed by atoms with E-state index in [-0.39, 0.29) is 0 Å². The maximum atomic E-state index is 12.3. The minimum absolute atomic E-state index is 0.473. The Morgan fingerprint density at radius 3 is 3.00 bits per heavy atom. The molecule has 0 saturated carbocycles. The van der Waals surface area contributed by atoms with Gasteiger partial charge < -0.3 is 4.40 Å². The largest absolute Gasteiger partial charge is 0.305 e. The van der Waals surface area contributed by atoms with Crippen molar-refractivity contribution in [3.8, 4) is 0 Å². The number of imidazole rings is 1. The molecule has 2 nitrogen and oxygen atoms in total. The number of nitrogens with zero attached hydrogens (tertiary/aromatic N) is 2. The lowest BCUT2D eigenvalue weighted by molar-refractivity contribution is 0.477. The Bertz CT molecular complexity index is 450. The number of aryl methyl sites for hydroxylation is 1. The molecule has 13 heavy (non-hydrogen) atoms. The summed E-state index contributed by atoms with van der Waals surface area (Å²) in [4.78, 5) is 4.14. The van der Waals surface area contributed by atoms with Crippen LogP contribution in [-0.4, -0.2) is 9.38 Å². The molecule has 0 aromatic carbocycles. The molecule has 0 fully saturated rings. The molecule has 0 amide bonds. The summed E-state index contributed by atoms with van der Waals surface area (Å²) in [6, 6.07) is 1.96. The normalized spacial score (nSPS) is 11.0. The maximum absolute atomic E-state index is 12.3. The summed E-state index contributed by atoms with van der Waals surface area (Å²) in [7, 11) is 0. The highest BCUT2D eigenvalue weighted by atomic mass is 79.9. The fourth-order valence-electron chi connectivity index (χ4n) is 1.34. The van der Waals surface area contributed by atoms with Crippen LogP contribution < -0.4 is 0 Å². The lowest BCUT2D eigenvalue weighted by Crippen LogP contribution is -1.86. The van der Waals surface area contributed by atoms with E-state index in [2.05, 4.69) is 20.9 Å². The molecule has 2 rings (SSSR count). The van der Waals surface area contributed by atoms with Crippen LogP contribution in [0.1, 0.15) is 11.3 Å². The van der Waals surface area contributed by atoms with Gasteiger partial charge in [-0.2, -0.15) is 0 Å². The van der Waals surface area contributed by atoms with E-state index in [1.165, 1.54) is 0 Å². The zero-order chi connectivity index (χ0) is 9.42. The molecule has 2 aromatic rings. The minimum atomic E-state index is -0.515. The van der Waals surface area contributed by atoms with Gasteiger partial charge in [0, 0.05) is 16.9 Å². The molecule has 2 aromatic heterocycles. The smallest absolute Gasteiger partial charge is 0.140 e. The molecule has 0 radical (unpaired) electrons. The van der Waals surface area contributed by atoms with Crippen molar-refractivity contribution in [2.24, 2.45) is 0 Å². The van der Waals surface area contributed by atoms with Crippen molar-refractivity contribution in [3.63, 3.8) is 0 Å². The summed E-state index contributed by atoms with van der Waals surface area (Å²) in [5.41, 5.74) is 2.33. The number of pyridine rings is 1. The third-order valence-electron chi connectivity index (χ3n) is 1.89. The number of hydrogen-bond acceptors (Lipinski definition) is 1. The summed E-state index contributed by atoms with van der Waals surface area (Å²) in [6.07, 6.45) is 3.57. The first-order valence-electron chi connectivity index (χ1n) is 3.90. The van der Waals surface area contributed by atoms with Crippen LogP contribution in [0.4, 0.5) is 4.39 Å². The Labute approximate surface area is 83.5 Å². The van der Waals surface area contributed by atoms with Crippen LogP contribution in [0.3, 0.4) is 0 Å². The molecule has 0 saturated heterocycles. The molecule has 0 N–H and O–H groups in total. The van der Waals surface area contributed by atoms with E-state index in [4.69, 9.17) is 0 Å². The molecule has 4 heteroatoms. The van der Waals surface area contributed by atoms with Crippen molar-refractivity contribution in [1.29, 1.82) is 0 Å². The number of rotatable bonds is 1. The fourth-order valence-corrected chi connectivity index (χ4v) is 1.90. The van der Waals surface area contributed by atoms with Gasteiger partial charge in [0.1, 0.15) is 12.3 Å². The van der Waals surface area contributed by atoms with Crippen LogP contribution in [-0.2, 0) is 6.67 Å². The molecule has 0 unspecified atom stereocenters. The van der Waals surface area contributed by atoms with Crippen LogP contribution in [0.15, 0.2) is 22.9 Å². The Morgan fingerprint density at radius 1 is 1.54 bits per heavy atom. The van der Waals surface area contributed by atoms with E-state index in [1.807, 2.05) is 23.6 Å². The second-order valence-electron chi connectivity index (χ2n) is 2.94. The molecular formula is C9H8BrFN2. The summed E-state index contributed by atoms with van der Waals surface area (Å²) in [5, 5.41) is 0. The number of aromatic nitrogens is 2. The first-order chi connectivity index (χ1) is 6.20. The van der Waals surface area contributed by atoms with Gasteiger partial charge in [0.15, 0.2) is 0 Å². The predicted octanol–water partition coefficient (Wildman–Crippen LogP) is 2.87. The van der Waals surface area contributed by atoms with Crippen molar-refractivity contribution in [2.45, 2.75) is 13.6 Å². The summed E-state index contributed by atoms with van der Waals surface area (Å²) in [6.45, 7) is 1.44. The quantitative estimate of drug-likeness (QED) is 0.752. The fraction of sp³-hybridized carbons (Fsp3) is 0.222. The van der Waals surface area contributed by atoms with Crippen LogP contribution in [0, 0.1) is 6.92 Å². The first-order valence-corrected chi connectivity index (χ1v) is 4.69. The van der Waals surface area contributed by atoms with Crippen LogP contribution >= 0.6 is 15.9 Å². The average Bonchev–Trinajstić information content (AvgIpc) is 2.47. The molecule has 0 spiro atoms. The van der Waals surface area contributed by atoms with E-state index in [0.29, 0.717) is 5.69 Å². The highest BCUT2D eigenvalue weighted by Gasteiger charge is 2.04. The van der Waals surface area contributed by atoms with Gasteiger partial charge in [-0.1, -0.05) is 0 Å². The second kappa shape index (κ2) is 3.10. The van der Waals surface area contributed by atoms with Gasteiger partial charge >= 0.3 is 0 Å². The number of alkyl halides is 1. The molecular weight excluding hydrogens is 235 g/mol. The average molecular weight is 243 g/mol. The van der Waals surface area contributed by atoms with Gasteiger partial charge in [-0.05, 0) is 34.5 Å². The zero-order valence-corrected chi connectivity index (χ0v) is 8.68. The zero-order valence-electron chi connectivity index (χ0n) is 7.09. The third-order valence-corrected chi connectivity index (χ3v) is 2.32. The standard InChI is InChI=1S/C9H8BrFN2/c1-6-2-7(10)4-13-5-8(3-11)12-9(6)13/h2,4-5H,3H2,1H3. The third kappa shape index (κ3) is 1.46. The van der Waals surface area contributed by atoms with Crippen LogP contribution in [0.25, 0.3) is 5.65 Å². The van der Waals surface area contributed by atoms with E-state index in [9.17, 15) is 4.39 Å². The Morgan fingerprint density at radius 2 is 2.31 bits per heavy atom. The molecule has 0 aliphatic rings. The van der Waals surface area contributed by atoms with E-state index in [1.54, 1.807) is 6.20 Å². The first kappa shape index (κ1) is 8.69. The molecule has 0 aliphatic heterocycles. The lowest BCUT2D eigenvalue weighted by atomic mass is 10.3. The number of halogens is 2. The summed E-state index contributed by atoms with van der Waals surface area (Å²) >= 11 is 3.37. The van der Waals surface area contributed by atoms with Crippen molar-refractivity contribution in [3.05, 3.63) is 34.2 Å². The Hall–Kier alpha value is -0.900. The van der Waals surface area contributed by atoms with Gasteiger partial charge in [0.25, 0.3) is 0 Å². The second-order valence-corrected chi connectivity index (χ2v) is 3.85. The van der Waals surface area contributed by atoms with E-state index < -0.39 is 6.67 Å². The molecule has 0 atom stereocenters. The van der Waals surface area contributed by atoms with Crippen molar-refractivity contribution in [2.75, 3.05) is 0 Å². The number of hydrogen-bond donors (Lipinski definition) is 0. The predicted molar refractivity (Wildman–Crippen MR) is 52.4 cm³/mol. The van der Waals surface area contributed by atoms with Crippen LogP contribution in [0.5, 0.6) is 0 Å². The highest BCUT2D eigenvalue weighted by molar-refractivity contribution is 9.10. The maximum Gasteiger partial charge on any atom is 0.140 e. The van der Waals surface area contributed by atoms with Crippen molar-refractivity contribution in [1.82, 2.24) is 9.38 Å².